The van der Waals surface area contributed by atoms with E-state index in [-0.39, 0.29) is 0 Å². The fourth-order valence-electron chi connectivity index (χ4n) is 2.86. The largest absolute Gasteiger partial charge is 0.378 e. The van der Waals surface area contributed by atoms with Gasteiger partial charge in [-0.05, 0) is 51.1 Å². The van der Waals surface area contributed by atoms with Crippen LogP contribution in [0.25, 0.3) is 0 Å². The Balaban J connectivity index is 1.92. The van der Waals surface area contributed by atoms with Crippen LogP contribution in [0, 0.1) is 6.92 Å². The van der Waals surface area contributed by atoms with Crippen molar-refractivity contribution >= 4 is 0 Å². The summed E-state index contributed by atoms with van der Waals surface area (Å²) in [7, 11) is 0. The van der Waals surface area contributed by atoms with E-state index in [4.69, 9.17) is 4.74 Å². The quantitative estimate of drug-likeness (QED) is 0.811. The highest BCUT2D eigenvalue weighted by molar-refractivity contribution is 5.23. The predicted molar refractivity (Wildman–Crippen MR) is 80.6 cm³/mol. The molecule has 0 aromatic heterocycles. The zero-order valence-electron chi connectivity index (χ0n) is 12.3. The van der Waals surface area contributed by atoms with Gasteiger partial charge in [0.2, 0.25) is 0 Å². The molecule has 1 fully saturated rings. The van der Waals surface area contributed by atoms with Crippen molar-refractivity contribution in [2.24, 2.45) is 0 Å². The normalized spacial score (nSPS) is 20.6. The molecule has 1 N–H and O–H groups in total. The van der Waals surface area contributed by atoms with Gasteiger partial charge >= 0.3 is 0 Å². The zero-order chi connectivity index (χ0) is 13.5. The van der Waals surface area contributed by atoms with Gasteiger partial charge in [0.05, 0.1) is 6.10 Å². The molecular formula is C17H27NO. The van der Waals surface area contributed by atoms with Gasteiger partial charge in [0.1, 0.15) is 0 Å². The molecule has 2 heteroatoms. The predicted octanol–water partition coefficient (Wildman–Crippen LogP) is 3.47. The highest BCUT2D eigenvalue weighted by atomic mass is 16.5. The summed E-state index contributed by atoms with van der Waals surface area (Å²) in [5.41, 5.74) is 2.79. The van der Waals surface area contributed by atoms with Crippen LogP contribution in [0.4, 0.5) is 0 Å². The van der Waals surface area contributed by atoms with Crippen molar-refractivity contribution in [2.45, 2.75) is 58.1 Å². The van der Waals surface area contributed by atoms with E-state index < -0.39 is 0 Å². The molecule has 1 aliphatic heterocycles. The smallest absolute Gasteiger partial charge is 0.0590 e. The number of ether oxygens (including phenoxy) is 1. The second-order valence-corrected chi connectivity index (χ2v) is 5.71. The van der Waals surface area contributed by atoms with Gasteiger partial charge in [0, 0.05) is 12.6 Å². The molecule has 1 aromatic carbocycles. The SMILES string of the molecule is CCCNC(Cc1cccc(C)c1)CC1CCCO1. The van der Waals surface area contributed by atoms with Gasteiger partial charge in [-0.15, -0.1) is 0 Å². The van der Waals surface area contributed by atoms with Crippen molar-refractivity contribution in [1.29, 1.82) is 0 Å². The van der Waals surface area contributed by atoms with Gasteiger partial charge in [0.15, 0.2) is 0 Å². The van der Waals surface area contributed by atoms with Gasteiger partial charge in [-0.25, -0.2) is 0 Å². The topological polar surface area (TPSA) is 21.3 Å². The Morgan fingerprint density at radius 2 is 2.32 bits per heavy atom. The molecule has 1 heterocycles. The first kappa shape index (κ1) is 14.5. The standard InChI is InChI=1S/C17H27NO/c1-3-9-18-16(13-17-8-5-10-19-17)12-15-7-4-6-14(2)11-15/h4,6-7,11,16-18H,3,5,8-10,12-13H2,1-2H3. The van der Waals surface area contributed by atoms with Crippen LogP contribution in [-0.4, -0.2) is 25.3 Å². The Bertz CT molecular complexity index is 371. The molecule has 0 aliphatic carbocycles. The summed E-state index contributed by atoms with van der Waals surface area (Å²) in [6.45, 7) is 6.44. The monoisotopic (exact) mass is 261 g/mol. The van der Waals surface area contributed by atoms with Crippen molar-refractivity contribution < 1.29 is 4.74 Å². The minimum absolute atomic E-state index is 0.471. The summed E-state index contributed by atoms with van der Waals surface area (Å²) in [6, 6.07) is 9.41. The van der Waals surface area contributed by atoms with Crippen LogP contribution in [-0.2, 0) is 11.2 Å². The van der Waals surface area contributed by atoms with Crippen molar-refractivity contribution in [3.8, 4) is 0 Å². The third kappa shape index (κ3) is 4.96. The highest BCUT2D eigenvalue weighted by Gasteiger charge is 2.20. The first-order chi connectivity index (χ1) is 9.28. The van der Waals surface area contributed by atoms with E-state index >= 15 is 0 Å². The van der Waals surface area contributed by atoms with Gasteiger partial charge in [-0.3, -0.25) is 0 Å². The second-order valence-electron chi connectivity index (χ2n) is 5.71. The Morgan fingerprint density at radius 1 is 1.42 bits per heavy atom. The maximum Gasteiger partial charge on any atom is 0.0590 e. The molecule has 1 saturated heterocycles. The average Bonchev–Trinajstić information content (AvgIpc) is 2.89. The van der Waals surface area contributed by atoms with Crippen LogP contribution in [0.1, 0.15) is 43.7 Å². The van der Waals surface area contributed by atoms with Gasteiger partial charge in [-0.2, -0.15) is 0 Å². The van der Waals surface area contributed by atoms with Crippen LogP contribution < -0.4 is 5.32 Å². The van der Waals surface area contributed by atoms with E-state index in [0.29, 0.717) is 12.1 Å². The molecule has 1 aliphatic rings. The molecule has 0 radical (unpaired) electrons. The maximum absolute atomic E-state index is 5.78. The van der Waals surface area contributed by atoms with Gasteiger partial charge in [-0.1, -0.05) is 36.8 Å². The van der Waals surface area contributed by atoms with E-state index in [1.807, 2.05) is 0 Å². The van der Waals surface area contributed by atoms with Crippen LogP contribution in [0.3, 0.4) is 0 Å². The first-order valence-corrected chi connectivity index (χ1v) is 7.68. The summed E-state index contributed by atoms with van der Waals surface area (Å²) in [6.07, 6.45) is 6.39. The molecule has 0 amide bonds. The molecule has 2 atom stereocenters. The third-order valence-corrected chi connectivity index (χ3v) is 3.82. The Morgan fingerprint density at radius 3 is 3.00 bits per heavy atom. The summed E-state index contributed by atoms with van der Waals surface area (Å²) in [5, 5.41) is 3.68. The number of rotatable bonds is 7. The molecular weight excluding hydrogens is 234 g/mol. The number of aryl methyl sites for hydroxylation is 1. The fourth-order valence-corrected chi connectivity index (χ4v) is 2.86. The van der Waals surface area contributed by atoms with E-state index in [1.54, 1.807) is 0 Å². The zero-order valence-corrected chi connectivity index (χ0v) is 12.3. The molecule has 0 saturated carbocycles. The van der Waals surface area contributed by atoms with Crippen molar-refractivity contribution in [2.75, 3.05) is 13.2 Å². The lowest BCUT2D eigenvalue weighted by molar-refractivity contribution is 0.0946. The Labute approximate surface area is 117 Å². The summed E-state index contributed by atoms with van der Waals surface area (Å²) >= 11 is 0. The van der Waals surface area contributed by atoms with Crippen LogP contribution >= 0.6 is 0 Å². The molecule has 2 rings (SSSR count). The summed E-state index contributed by atoms with van der Waals surface area (Å²) in [4.78, 5) is 0. The number of nitrogens with one attached hydrogen (secondary N) is 1. The Hall–Kier alpha value is -0.860. The van der Waals surface area contributed by atoms with Crippen LogP contribution in [0.15, 0.2) is 24.3 Å². The third-order valence-electron chi connectivity index (χ3n) is 3.82. The molecule has 2 unspecified atom stereocenters. The minimum Gasteiger partial charge on any atom is -0.378 e. The van der Waals surface area contributed by atoms with E-state index in [1.165, 1.54) is 30.4 Å². The lowest BCUT2D eigenvalue weighted by Crippen LogP contribution is -2.35. The molecule has 19 heavy (non-hydrogen) atoms. The molecule has 1 aromatic rings. The molecule has 106 valence electrons. The van der Waals surface area contributed by atoms with Crippen molar-refractivity contribution in [1.82, 2.24) is 5.32 Å². The minimum atomic E-state index is 0.471. The van der Waals surface area contributed by atoms with E-state index in [2.05, 4.69) is 43.4 Å². The van der Waals surface area contributed by atoms with Gasteiger partial charge < -0.3 is 10.1 Å². The first-order valence-electron chi connectivity index (χ1n) is 7.68. The lowest BCUT2D eigenvalue weighted by atomic mass is 9.98. The average molecular weight is 261 g/mol. The maximum atomic E-state index is 5.78. The molecule has 0 bridgehead atoms. The van der Waals surface area contributed by atoms with E-state index in [0.717, 1.165) is 26.0 Å². The molecule has 2 nitrogen and oxygen atoms in total. The number of hydrogen-bond acceptors (Lipinski definition) is 2. The van der Waals surface area contributed by atoms with Crippen molar-refractivity contribution in [3.63, 3.8) is 0 Å². The van der Waals surface area contributed by atoms with Crippen molar-refractivity contribution in [3.05, 3.63) is 35.4 Å². The van der Waals surface area contributed by atoms with Crippen LogP contribution in [0.5, 0.6) is 0 Å². The molecule has 0 spiro atoms. The second kappa shape index (κ2) is 7.66. The summed E-state index contributed by atoms with van der Waals surface area (Å²) in [5.74, 6) is 0. The fraction of sp³-hybridized carbons (Fsp3) is 0.647. The van der Waals surface area contributed by atoms with E-state index in [9.17, 15) is 0 Å². The van der Waals surface area contributed by atoms with Crippen LogP contribution in [0.2, 0.25) is 0 Å². The lowest BCUT2D eigenvalue weighted by Gasteiger charge is -2.22. The Kier molecular flexibility index (Phi) is 5.87. The highest BCUT2D eigenvalue weighted by Crippen LogP contribution is 2.19. The number of hydrogen-bond donors (Lipinski definition) is 1. The summed E-state index contributed by atoms with van der Waals surface area (Å²) < 4.78 is 5.78. The number of benzene rings is 1. The van der Waals surface area contributed by atoms with Gasteiger partial charge in [0.25, 0.3) is 0 Å².